The van der Waals surface area contributed by atoms with E-state index in [4.69, 9.17) is 15.2 Å². The van der Waals surface area contributed by atoms with Crippen LogP contribution in [0, 0.1) is 24.7 Å². The van der Waals surface area contributed by atoms with Gasteiger partial charge in [-0.3, -0.25) is 0 Å². The van der Waals surface area contributed by atoms with E-state index in [0.29, 0.717) is 28.8 Å². The highest BCUT2D eigenvalue weighted by molar-refractivity contribution is 5.52. The molecule has 0 bridgehead atoms. The normalized spacial score (nSPS) is 10.0. The molecule has 6 heteroatoms. The topological polar surface area (TPSA) is 83.2 Å². The van der Waals surface area contributed by atoms with Gasteiger partial charge < -0.3 is 15.2 Å². The van der Waals surface area contributed by atoms with Crippen LogP contribution in [0.3, 0.4) is 0 Å². The van der Waals surface area contributed by atoms with E-state index in [0.717, 1.165) is 0 Å². The summed E-state index contributed by atoms with van der Waals surface area (Å²) in [6.07, 6.45) is 3.14. The minimum atomic E-state index is 0.239. The lowest BCUT2D eigenvalue weighted by molar-refractivity contribution is 0.392. The molecule has 0 amide bonds. The number of anilines is 1. The minimum Gasteiger partial charge on any atom is -0.481 e. The lowest BCUT2D eigenvalue weighted by Crippen LogP contribution is -2.00. The Morgan fingerprint density at radius 3 is 2.59 bits per heavy atom. The molecule has 0 saturated heterocycles. The quantitative estimate of drug-likeness (QED) is 0.877. The zero-order valence-electron chi connectivity index (χ0n) is 13.0. The number of aromatic nitrogens is 3. The van der Waals surface area contributed by atoms with Crippen molar-refractivity contribution in [2.75, 3.05) is 12.8 Å². The number of aryl methyl sites for hydroxylation is 1. The Hall–Kier alpha value is -2.81. The monoisotopic (exact) mass is 298 g/mol. The van der Waals surface area contributed by atoms with E-state index in [1.54, 1.807) is 19.2 Å². The van der Waals surface area contributed by atoms with Gasteiger partial charge in [0.1, 0.15) is 11.6 Å². The number of nitrogens with zero attached hydrogens (tertiary/aromatic N) is 3. The molecule has 6 nitrogen and oxygen atoms in total. The van der Waals surface area contributed by atoms with Gasteiger partial charge in [0.05, 0.1) is 25.1 Å². The Balaban J connectivity index is 2.41. The third kappa shape index (κ3) is 3.85. The van der Waals surface area contributed by atoms with Gasteiger partial charge in [0.15, 0.2) is 11.6 Å². The summed E-state index contributed by atoms with van der Waals surface area (Å²) in [5.74, 6) is 8.50. The second-order valence-corrected chi connectivity index (χ2v) is 4.92. The van der Waals surface area contributed by atoms with E-state index in [-0.39, 0.29) is 11.7 Å². The summed E-state index contributed by atoms with van der Waals surface area (Å²) in [7, 11) is 1.54. The SMILES string of the molecule is COc1cc(Oc2cnc(C)nc2N)c(C#CC(C)C)cn1. The summed E-state index contributed by atoms with van der Waals surface area (Å²) in [4.78, 5) is 12.3. The molecule has 0 radical (unpaired) electrons. The average molecular weight is 298 g/mol. The molecule has 0 aliphatic rings. The van der Waals surface area contributed by atoms with Gasteiger partial charge in [-0.05, 0) is 6.92 Å². The highest BCUT2D eigenvalue weighted by Crippen LogP contribution is 2.29. The van der Waals surface area contributed by atoms with E-state index in [9.17, 15) is 0 Å². The molecule has 0 spiro atoms. The third-order valence-corrected chi connectivity index (χ3v) is 2.67. The Bertz CT molecular complexity index is 733. The second-order valence-electron chi connectivity index (χ2n) is 4.92. The van der Waals surface area contributed by atoms with Crippen LogP contribution >= 0.6 is 0 Å². The maximum atomic E-state index is 5.85. The number of hydrogen-bond donors (Lipinski definition) is 1. The van der Waals surface area contributed by atoms with Gasteiger partial charge in [0.25, 0.3) is 0 Å². The zero-order chi connectivity index (χ0) is 16.1. The van der Waals surface area contributed by atoms with Gasteiger partial charge in [-0.15, -0.1) is 0 Å². The molecule has 114 valence electrons. The van der Waals surface area contributed by atoms with Crippen LogP contribution in [0.15, 0.2) is 18.5 Å². The molecule has 2 rings (SSSR count). The zero-order valence-corrected chi connectivity index (χ0v) is 13.0. The van der Waals surface area contributed by atoms with Gasteiger partial charge in [-0.2, -0.15) is 0 Å². The predicted molar refractivity (Wildman–Crippen MR) is 83.8 cm³/mol. The number of pyridine rings is 1. The first-order valence-corrected chi connectivity index (χ1v) is 6.82. The number of ether oxygens (including phenoxy) is 2. The number of hydrogen-bond acceptors (Lipinski definition) is 6. The molecule has 0 aliphatic carbocycles. The molecular formula is C16H18N4O2. The van der Waals surface area contributed by atoms with Crippen molar-refractivity contribution < 1.29 is 9.47 Å². The molecular weight excluding hydrogens is 280 g/mol. The third-order valence-electron chi connectivity index (χ3n) is 2.67. The van der Waals surface area contributed by atoms with Crippen molar-refractivity contribution in [3.05, 3.63) is 29.8 Å². The average Bonchev–Trinajstić information content (AvgIpc) is 2.48. The van der Waals surface area contributed by atoms with Crippen LogP contribution in [0.25, 0.3) is 0 Å². The van der Waals surface area contributed by atoms with Crippen molar-refractivity contribution in [2.45, 2.75) is 20.8 Å². The Kier molecular flexibility index (Phi) is 4.79. The second kappa shape index (κ2) is 6.76. The van der Waals surface area contributed by atoms with Crippen molar-refractivity contribution in [2.24, 2.45) is 5.92 Å². The van der Waals surface area contributed by atoms with Gasteiger partial charge >= 0.3 is 0 Å². The highest BCUT2D eigenvalue weighted by atomic mass is 16.5. The van der Waals surface area contributed by atoms with E-state index in [2.05, 4.69) is 26.8 Å². The summed E-state index contributed by atoms with van der Waals surface area (Å²) < 4.78 is 10.9. The molecule has 0 unspecified atom stereocenters. The van der Waals surface area contributed by atoms with Crippen molar-refractivity contribution in [1.82, 2.24) is 15.0 Å². The summed E-state index contributed by atoms with van der Waals surface area (Å²) in [6.45, 7) is 5.78. The van der Waals surface area contributed by atoms with E-state index < -0.39 is 0 Å². The van der Waals surface area contributed by atoms with Crippen LogP contribution in [-0.4, -0.2) is 22.1 Å². The molecule has 2 N–H and O–H groups in total. The molecule has 2 heterocycles. The van der Waals surface area contributed by atoms with Crippen LogP contribution in [0.2, 0.25) is 0 Å². The van der Waals surface area contributed by atoms with Crippen LogP contribution in [-0.2, 0) is 0 Å². The molecule has 0 aromatic carbocycles. The van der Waals surface area contributed by atoms with Crippen molar-refractivity contribution in [1.29, 1.82) is 0 Å². The Morgan fingerprint density at radius 1 is 1.18 bits per heavy atom. The summed E-state index contributed by atoms with van der Waals surface area (Å²) in [6, 6.07) is 1.66. The number of methoxy groups -OCH3 is 1. The molecule has 0 fully saturated rings. The number of nitrogen functional groups attached to an aromatic ring is 1. The largest absolute Gasteiger partial charge is 0.481 e. The first-order valence-electron chi connectivity index (χ1n) is 6.82. The van der Waals surface area contributed by atoms with Gasteiger partial charge in [0, 0.05) is 12.0 Å². The van der Waals surface area contributed by atoms with Crippen LogP contribution in [0.5, 0.6) is 17.4 Å². The van der Waals surface area contributed by atoms with E-state index >= 15 is 0 Å². The lowest BCUT2D eigenvalue weighted by atomic mass is 10.2. The van der Waals surface area contributed by atoms with Crippen LogP contribution in [0.4, 0.5) is 5.82 Å². The smallest absolute Gasteiger partial charge is 0.216 e. The van der Waals surface area contributed by atoms with Crippen molar-refractivity contribution >= 4 is 5.82 Å². The highest BCUT2D eigenvalue weighted by Gasteiger charge is 2.10. The van der Waals surface area contributed by atoms with Crippen molar-refractivity contribution in [3.63, 3.8) is 0 Å². The fraction of sp³-hybridized carbons (Fsp3) is 0.312. The number of nitrogens with two attached hydrogens (primary N) is 1. The Labute approximate surface area is 129 Å². The summed E-state index contributed by atoms with van der Waals surface area (Å²) >= 11 is 0. The van der Waals surface area contributed by atoms with E-state index in [1.165, 1.54) is 13.3 Å². The van der Waals surface area contributed by atoms with E-state index in [1.807, 2.05) is 13.8 Å². The van der Waals surface area contributed by atoms with Crippen molar-refractivity contribution in [3.8, 4) is 29.2 Å². The van der Waals surface area contributed by atoms with Crippen LogP contribution in [0.1, 0.15) is 25.2 Å². The summed E-state index contributed by atoms with van der Waals surface area (Å²) in [5.41, 5.74) is 6.50. The maximum absolute atomic E-state index is 5.85. The first-order chi connectivity index (χ1) is 10.5. The molecule has 22 heavy (non-hydrogen) atoms. The predicted octanol–water partition coefficient (Wildman–Crippen LogP) is 2.57. The fourth-order valence-electron chi connectivity index (χ4n) is 1.60. The standard InChI is InChI=1S/C16H18N4O2/c1-10(2)5-6-12-8-19-15(21-4)7-13(12)22-14-9-18-11(3)20-16(14)17/h7-10H,1-4H3,(H2,17,18,20). The van der Waals surface area contributed by atoms with Gasteiger partial charge in [-0.25, -0.2) is 15.0 Å². The fourth-order valence-corrected chi connectivity index (χ4v) is 1.60. The molecule has 0 aliphatic heterocycles. The lowest BCUT2D eigenvalue weighted by Gasteiger charge is -2.10. The van der Waals surface area contributed by atoms with Gasteiger partial charge in [0.2, 0.25) is 5.88 Å². The molecule has 0 atom stereocenters. The minimum absolute atomic E-state index is 0.239. The Morgan fingerprint density at radius 2 is 1.95 bits per heavy atom. The summed E-state index contributed by atoms with van der Waals surface area (Å²) in [5, 5.41) is 0. The number of rotatable bonds is 3. The molecule has 0 saturated carbocycles. The van der Waals surface area contributed by atoms with Crippen LogP contribution < -0.4 is 15.2 Å². The maximum Gasteiger partial charge on any atom is 0.216 e. The van der Waals surface area contributed by atoms with Gasteiger partial charge in [-0.1, -0.05) is 25.7 Å². The first kappa shape index (κ1) is 15.6. The molecule has 2 aromatic heterocycles. The molecule has 2 aromatic rings.